The van der Waals surface area contributed by atoms with Gasteiger partial charge in [-0.05, 0) is 37.1 Å². The lowest BCUT2D eigenvalue weighted by atomic mass is 10.2. The Morgan fingerprint density at radius 3 is 2.65 bits per heavy atom. The van der Waals surface area contributed by atoms with Crippen molar-refractivity contribution in [3.8, 4) is 0 Å². The van der Waals surface area contributed by atoms with Gasteiger partial charge < -0.3 is 4.90 Å². The second kappa shape index (κ2) is 4.91. The lowest BCUT2D eigenvalue weighted by molar-refractivity contribution is 0.715. The van der Waals surface area contributed by atoms with E-state index in [4.69, 9.17) is 4.98 Å². The fourth-order valence-electron chi connectivity index (χ4n) is 2.98. The van der Waals surface area contributed by atoms with Gasteiger partial charge in [-0.25, -0.2) is 4.98 Å². The summed E-state index contributed by atoms with van der Waals surface area (Å²) in [4.78, 5) is 7.35. The van der Waals surface area contributed by atoms with Gasteiger partial charge in [0.1, 0.15) is 5.01 Å². The molecule has 1 aliphatic heterocycles. The standard InChI is InChI=1S/C17H16N2S/c1-2-7-13(8-3-1)19-12-6-10-15(19)17-18-14-9-4-5-11-16(14)20-17/h1-5,7-9,11,15H,6,10,12H2/t15-/m0/s1. The van der Waals surface area contributed by atoms with Crippen LogP contribution in [0, 0.1) is 0 Å². The Kier molecular flexibility index (Phi) is 2.92. The van der Waals surface area contributed by atoms with Crippen molar-refractivity contribution in [1.82, 2.24) is 4.98 Å². The van der Waals surface area contributed by atoms with Gasteiger partial charge in [0.05, 0.1) is 16.3 Å². The van der Waals surface area contributed by atoms with Crippen LogP contribution in [-0.4, -0.2) is 11.5 Å². The van der Waals surface area contributed by atoms with Gasteiger partial charge in [-0.1, -0.05) is 30.3 Å². The van der Waals surface area contributed by atoms with E-state index in [9.17, 15) is 0 Å². The molecule has 1 aliphatic rings. The molecular weight excluding hydrogens is 264 g/mol. The number of hydrogen-bond acceptors (Lipinski definition) is 3. The first-order valence-corrected chi connectivity index (χ1v) is 7.90. The molecule has 0 radical (unpaired) electrons. The summed E-state index contributed by atoms with van der Waals surface area (Å²) < 4.78 is 1.29. The molecule has 0 aliphatic carbocycles. The molecule has 1 atom stereocenters. The molecule has 1 aromatic heterocycles. The molecule has 0 spiro atoms. The molecule has 4 rings (SSSR count). The maximum absolute atomic E-state index is 4.85. The van der Waals surface area contributed by atoms with Crippen molar-refractivity contribution < 1.29 is 0 Å². The fourth-order valence-corrected chi connectivity index (χ4v) is 4.10. The molecule has 2 nitrogen and oxygen atoms in total. The second-order valence-electron chi connectivity index (χ2n) is 5.21. The summed E-state index contributed by atoms with van der Waals surface area (Å²) in [6.45, 7) is 1.13. The molecule has 0 unspecified atom stereocenters. The first kappa shape index (κ1) is 11.9. The highest BCUT2D eigenvalue weighted by atomic mass is 32.1. The Labute approximate surface area is 122 Å². The van der Waals surface area contributed by atoms with Gasteiger partial charge in [0.25, 0.3) is 0 Å². The smallest absolute Gasteiger partial charge is 0.116 e. The summed E-state index contributed by atoms with van der Waals surface area (Å²) >= 11 is 1.84. The van der Waals surface area contributed by atoms with Crippen molar-refractivity contribution in [3.63, 3.8) is 0 Å². The highest BCUT2D eigenvalue weighted by Crippen LogP contribution is 2.38. The molecule has 3 aromatic rings. The van der Waals surface area contributed by atoms with E-state index >= 15 is 0 Å². The molecule has 0 saturated carbocycles. The van der Waals surface area contributed by atoms with Crippen molar-refractivity contribution in [3.05, 3.63) is 59.6 Å². The molecule has 0 amide bonds. The van der Waals surface area contributed by atoms with Crippen molar-refractivity contribution in [2.24, 2.45) is 0 Å². The molecule has 20 heavy (non-hydrogen) atoms. The second-order valence-corrected chi connectivity index (χ2v) is 6.27. The zero-order valence-corrected chi connectivity index (χ0v) is 12.0. The summed E-state index contributed by atoms with van der Waals surface area (Å²) in [6, 6.07) is 19.6. The Morgan fingerprint density at radius 2 is 1.80 bits per heavy atom. The van der Waals surface area contributed by atoms with Crippen LogP contribution in [-0.2, 0) is 0 Å². The Hall–Kier alpha value is -1.87. The molecule has 100 valence electrons. The fraction of sp³-hybridized carbons (Fsp3) is 0.235. The highest BCUT2D eigenvalue weighted by Gasteiger charge is 2.28. The normalized spacial score (nSPS) is 18.8. The number of benzene rings is 2. The Bertz CT molecular complexity index is 687. The minimum Gasteiger partial charge on any atom is -0.362 e. The van der Waals surface area contributed by atoms with Crippen LogP contribution < -0.4 is 4.90 Å². The van der Waals surface area contributed by atoms with Crippen LogP contribution in [0.25, 0.3) is 10.2 Å². The van der Waals surface area contributed by atoms with Crippen LogP contribution in [0.4, 0.5) is 5.69 Å². The first-order chi connectivity index (χ1) is 9.92. The predicted molar refractivity (Wildman–Crippen MR) is 85.4 cm³/mol. The monoisotopic (exact) mass is 280 g/mol. The average molecular weight is 280 g/mol. The quantitative estimate of drug-likeness (QED) is 0.680. The summed E-state index contributed by atoms with van der Waals surface area (Å²) in [5.41, 5.74) is 2.45. The number of hydrogen-bond donors (Lipinski definition) is 0. The van der Waals surface area contributed by atoms with Crippen LogP contribution in [0.5, 0.6) is 0 Å². The van der Waals surface area contributed by atoms with Crippen molar-refractivity contribution in [2.45, 2.75) is 18.9 Å². The number of aromatic nitrogens is 1. The minimum absolute atomic E-state index is 0.440. The number of fused-ring (bicyclic) bond motifs is 1. The number of para-hydroxylation sites is 2. The van der Waals surface area contributed by atoms with E-state index in [1.165, 1.54) is 28.2 Å². The maximum Gasteiger partial charge on any atom is 0.116 e. The summed E-state index contributed by atoms with van der Waals surface area (Å²) in [5.74, 6) is 0. The Balaban J connectivity index is 1.73. The third-order valence-electron chi connectivity index (χ3n) is 3.94. The van der Waals surface area contributed by atoms with Gasteiger partial charge in [0.15, 0.2) is 0 Å². The minimum atomic E-state index is 0.440. The lowest BCUT2D eigenvalue weighted by Gasteiger charge is -2.25. The van der Waals surface area contributed by atoms with E-state index in [2.05, 4.69) is 59.5 Å². The molecule has 2 heterocycles. The van der Waals surface area contributed by atoms with Crippen LogP contribution in [0.3, 0.4) is 0 Å². The lowest BCUT2D eigenvalue weighted by Crippen LogP contribution is -2.22. The van der Waals surface area contributed by atoms with Crippen molar-refractivity contribution in [1.29, 1.82) is 0 Å². The largest absolute Gasteiger partial charge is 0.362 e. The van der Waals surface area contributed by atoms with Crippen molar-refractivity contribution in [2.75, 3.05) is 11.4 Å². The molecule has 0 N–H and O–H groups in total. The van der Waals surface area contributed by atoms with Crippen LogP contribution >= 0.6 is 11.3 Å². The van der Waals surface area contributed by atoms with E-state index < -0.39 is 0 Å². The SMILES string of the molecule is c1ccc(N2CCC[C@H]2c2nc3ccccc3s2)cc1. The highest BCUT2D eigenvalue weighted by molar-refractivity contribution is 7.18. The maximum atomic E-state index is 4.85. The zero-order valence-electron chi connectivity index (χ0n) is 11.2. The third kappa shape index (κ3) is 1.98. The van der Waals surface area contributed by atoms with E-state index in [-0.39, 0.29) is 0 Å². The third-order valence-corrected chi connectivity index (χ3v) is 5.07. The molecule has 3 heteroatoms. The topological polar surface area (TPSA) is 16.1 Å². The number of anilines is 1. The van der Waals surface area contributed by atoms with Gasteiger partial charge in [-0.15, -0.1) is 11.3 Å². The molecule has 1 fully saturated rings. The van der Waals surface area contributed by atoms with Gasteiger partial charge in [0.2, 0.25) is 0 Å². The molecule has 1 saturated heterocycles. The van der Waals surface area contributed by atoms with Crippen LogP contribution in [0.2, 0.25) is 0 Å². The predicted octanol–water partition coefficient (Wildman–Crippen LogP) is 4.64. The Morgan fingerprint density at radius 1 is 1.00 bits per heavy atom. The number of nitrogens with zero attached hydrogens (tertiary/aromatic N) is 2. The van der Waals surface area contributed by atoms with E-state index in [1.54, 1.807) is 0 Å². The molecule has 0 bridgehead atoms. The van der Waals surface area contributed by atoms with Gasteiger partial charge in [-0.2, -0.15) is 0 Å². The summed E-state index contributed by atoms with van der Waals surface area (Å²) in [7, 11) is 0. The molecule has 2 aromatic carbocycles. The van der Waals surface area contributed by atoms with E-state index in [0.717, 1.165) is 12.1 Å². The molecular formula is C17H16N2S. The van der Waals surface area contributed by atoms with Gasteiger partial charge >= 0.3 is 0 Å². The van der Waals surface area contributed by atoms with Crippen LogP contribution in [0.1, 0.15) is 23.9 Å². The zero-order chi connectivity index (χ0) is 13.4. The average Bonchev–Trinajstić information content (AvgIpc) is 3.14. The van der Waals surface area contributed by atoms with E-state index in [1.807, 2.05) is 11.3 Å². The van der Waals surface area contributed by atoms with Gasteiger partial charge in [0, 0.05) is 12.2 Å². The van der Waals surface area contributed by atoms with E-state index in [0.29, 0.717) is 6.04 Å². The first-order valence-electron chi connectivity index (χ1n) is 7.09. The summed E-state index contributed by atoms with van der Waals surface area (Å²) in [6.07, 6.45) is 2.45. The number of rotatable bonds is 2. The summed E-state index contributed by atoms with van der Waals surface area (Å²) in [5, 5.41) is 1.26. The van der Waals surface area contributed by atoms with Crippen LogP contribution in [0.15, 0.2) is 54.6 Å². The number of thiazole rings is 1. The van der Waals surface area contributed by atoms with Gasteiger partial charge in [-0.3, -0.25) is 0 Å². The van der Waals surface area contributed by atoms with Crippen molar-refractivity contribution >= 4 is 27.2 Å².